The van der Waals surface area contributed by atoms with E-state index in [-0.39, 0.29) is 0 Å². The second kappa shape index (κ2) is 8.35. The minimum absolute atomic E-state index is 0.781. The normalized spacial score (nSPS) is 11.1. The molecule has 0 N–H and O–H groups in total. The molecule has 0 atom stereocenters. The standard InChI is InChI=1S/C26H21OP/c28-20-27-26(22-14-6-2-7-15-22,23-16-8-3-9-17-23)25-19-11-10-18-24(25)21-12-4-1-5-13-21/h1-20,28H. The Kier molecular flexibility index (Phi) is 5.48. The predicted molar refractivity (Wildman–Crippen MR) is 120 cm³/mol. The van der Waals surface area contributed by atoms with Crippen LogP contribution in [0.25, 0.3) is 11.1 Å². The van der Waals surface area contributed by atoms with Crippen molar-refractivity contribution in [3.05, 3.63) is 132 Å². The Morgan fingerprint density at radius 3 is 1.57 bits per heavy atom. The van der Waals surface area contributed by atoms with E-state index in [0.29, 0.717) is 0 Å². The lowest BCUT2D eigenvalue weighted by Gasteiger charge is -2.35. The molecule has 1 nitrogen and oxygen atoms in total. The minimum Gasteiger partial charge on any atom is -0.329 e. The van der Waals surface area contributed by atoms with Gasteiger partial charge >= 0.3 is 0 Å². The molecular weight excluding hydrogens is 359 g/mol. The number of rotatable bonds is 6. The van der Waals surface area contributed by atoms with Gasteiger partial charge in [0.25, 0.3) is 0 Å². The number of hydrogen-bond donors (Lipinski definition) is 0. The minimum atomic E-state index is -0.781. The smallest absolute Gasteiger partial charge is 0.150 e. The molecule has 2 heteroatoms. The maximum atomic E-state index is 6.44. The van der Waals surface area contributed by atoms with Crippen LogP contribution in [0.4, 0.5) is 0 Å². The summed E-state index contributed by atoms with van der Waals surface area (Å²) in [6.07, 6.45) is 0. The molecule has 4 rings (SSSR count). The van der Waals surface area contributed by atoms with Gasteiger partial charge in [-0.2, -0.15) is 0 Å². The van der Waals surface area contributed by atoms with Gasteiger partial charge in [-0.25, -0.2) is 0 Å². The van der Waals surface area contributed by atoms with Gasteiger partial charge in [0.15, 0.2) is 5.60 Å². The molecule has 4 aromatic carbocycles. The third kappa shape index (κ3) is 3.31. The Morgan fingerprint density at radius 1 is 0.571 bits per heavy atom. The van der Waals surface area contributed by atoms with Crippen molar-refractivity contribution in [2.75, 3.05) is 0 Å². The fourth-order valence-electron chi connectivity index (χ4n) is 3.77. The van der Waals surface area contributed by atoms with E-state index in [1.54, 1.807) is 5.98 Å². The molecule has 0 amide bonds. The van der Waals surface area contributed by atoms with Crippen LogP contribution < -0.4 is 0 Å². The van der Waals surface area contributed by atoms with Gasteiger partial charge < -0.3 is 4.74 Å². The molecule has 28 heavy (non-hydrogen) atoms. The van der Waals surface area contributed by atoms with E-state index in [0.717, 1.165) is 27.8 Å². The molecule has 0 radical (unpaired) electrons. The van der Waals surface area contributed by atoms with Gasteiger partial charge in [-0.3, -0.25) is 0 Å². The van der Waals surface area contributed by atoms with Crippen LogP contribution in [-0.4, -0.2) is 5.98 Å². The Balaban J connectivity index is 2.07. The van der Waals surface area contributed by atoms with E-state index in [1.165, 1.54) is 0 Å². The van der Waals surface area contributed by atoms with Crippen molar-refractivity contribution in [1.82, 2.24) is 0 Å². The first-order valence-electron chi connectivity index (χ1n) is 9.29. The van der Waals surface area contributed by atoms with Crippen molar-refractivity contribution in [2.24, 2.45) is 0 Å². The largest absolute Gasteiger partial charge is 0.329 e. The molecule has 0 spiro atoms. The summed E-state index contributed by atoms with van der Waals surface area (Å²) in [4.78, 5) is 0. The second-order valence-electron chi connectivity index (χ2n) is 6.56. The highest BCUT2D eigenvalue weighted by Crippen LogP contribution is 2.44. The van der Waals surface area contributed by atoms with Crippen molar-refractivity contribution in [2.45, 2.75) is 5.60 Å². The first-order chi connectivity index (χ1) is 13.9. The molecule has 0 saturated heterocycles. The third-order valence-electron chi connectivity index (χ3n) is 4.99. The molecule has 0 saturated carbocycles. The van der Waals surface area contributed by atoms with Crippen molar-refractivity contribution >= 4 is 14.8 Å². The topological polar surface area (TPSA) is 9.23 Å². The number of ether oxygens (including phenoxy) is 1. The lowest BCUT2D eigenvalue weighted by atomic mass is 9.77. The summed E-state index contributed by atoms with van der Waals surface area (Å²) in [5.74, 6) is 1.60. The van der Waals surface area contributed by atoms with Crippen molar-refractivity contribution in [3.8, 4) is 11.1 Å². The van der Waals surface area contributed by atoms with Crippen LogP contribution in [0.1, 0.15) is 16.7 Å². The van der Waals surface area contributed by atoms with E-state index in [1.807, 2.05) is 18.2 Å². The molecule has 0 aromatic heterocycles. The van der Waals surface area contributed by atoms with Crippen molar-refractivity contribution in [3.63, 3.8) is 0 Å². The molecule has 0 fully saturated rings. The Bertz CT molecular complexity index is 1000. The van der Waals surface area contributed by atoms with Crippen LogP contribution in [-0.2, 0) is 10.3 Å². The predicted octanol–water partition coefficient (Wildman–Crippen LogP) is 6.56. The zero-order valence-electron chi connectivity index (χ0n) is 15.5. The first-order valence-corrected chi connectivity index (χ1v) is 9.87. The molecular formula is C26H21OP. The summed E-state index contributed by atoms with van der Waals surface area (Å²) in [6, 6.07) is 39.6. The van der Waals surface area contributed by atoms with Gasteiger partial charge in [-0.1, -0.05) is 124 Å². The van der Waals surface area contributed by atoms with Crippen LogP contribution in [0.15, 0.2) is 115 Å². The fourth-order valence-corrected chi connectivity index (χ4v) is 3.95. The maximum absolute atomic E-state index is 6.44. The highest BCUT2D eigenvalue weighted by molar-refractivity contribution is 7.17. The highest BCUT2D eigenvalue weighted by Gasteiger charge is 2.39. The van der Waals surface area contributed by atoms with Crippen molar-refractivity contribution < 1.29 is 4.74 Å². The Hall–Kier alpha value is -2.99. The molecule has 0 aliphatic rings. The van der Waals surface area contributed by atoms with Crippen LogP contribution in [0, 0.1) is 0 Å². The van der Waals surface area contributed by atoms with Gasteiger partial charge in [0.1, 0.15) is 0 Å². The van der Waals surface area contributed by atoms with Crippen LogP contribution in [0.5, 0.6) is 0 Å². The summed E-state index contributed by atoms with van der Waals surface area (Å²) in [5.41, 5.74) is 4.75. The number of benzene rings is 4. The lowest BCUT2D eigenvalue weighted by Crippen LogP contribution is -2.33. The summed E-state index contributed by atoms with van der Waals surface area (Å²) < 4.78 is 6.44. The zero-order chi connectivity index (χ0) is 19.2. The van der Waals surface area contributed by atoms with E-state index in [9.17, 15) is 0 Å². The summed E-state index contributed by atoms with van der Waals surface area (Å²) >= 11 is 0. The molecule has 0 aliphatic carbocycles. The molecule has 4 aromatic rings. The third-order valence-corrected chi connectivity index (χ3v) is 5.11. The van der Waals surface area contributed by atoms with Gasteiger partial charge in [0, 0.05) is 5.56 Å². The zero-order valence-corrected chi connectivity index (χ0v) is 16.5. The first kappa shape index (κ1) is 18.4. The Morgan fingerprint density at radius 2 is 1.04 bits per heavy atom. The monoisotopic (exact) mass is 380 g/mol. The van der Waals surface area contributed by atoms with E-state index >= 15 is 0 Å². The van der Waals surface area contributed by atoms with E-state index in [4.69, 9.17) is 4.74 Å². The van der Waals surface area contributed by atoms with Gasteiger partial charge in [0.2, 0.25) is 0 Å². The fraction of sp³-hybridized carbons (Fsp3) is 0.0385. The molecule has 0 heterocycles. The average Bonchev–Trinajstić information content (AvgIpc) is 2.79. The molecule has 0 unspecified atom stereocenters. The van der Waals surface area contributed by atoms with E-state index < -0.39 is 5.60 Å². The van der Waals surface area contributed by atoms with Crippen LogP contribution in [0.3, 0.4) is 0 Å². The summed E-state index contributed by atoms with van der Waals surface area (Å²) in [7, 11) is 3.47. The summed E-state index contributed by atoms with van der Waals surface area (Å²) in [5, 5.41) is 0. The number of hydrogen-bond acceptors (Lipinski definition) is 1. The second-order valence-corrected chi connectivity index (χ2v) is 6.80. The lowest BCUT2D eigenvalue weighted by molar-refractivity contribution is 0.157. The highest BCUT2D eigenvalue weighted by atomic mass is 31.0. The van der Waals surface area contributed by atoms with Crippen molar-refractivity contribution in [1.29, 1.82) is 0 Å². The van der Waals surface area contributed by atoms with Gasteiger partial charge in [-0.05, 0) is 22.3 Å². The maximum Gasteiger partial charge on any atom is 0.150 e. The van der Waals surface area contributed by atoms with Gasteiger partial charge in [0.05, 0.1) is 5.98 Å². The molecule has 136 valence electrons. The van der Waals surface area contributed by atoms with Crippen LogP contribution in [0.2, 0.25) is 0 Å². The Labute approximate surface area is 168 Å². The molecule has 0 bridgehead atoms. The summed E-state index contributed by atoms with van der Waals surface area (Å²) in [6.45, 7) is 0. The average molecular weight is 380 g/mol. The SMILES string of the molecule is P=COC(c1ccccc1)(c1ccccc1)c1ccccc1-c1ccccc1. The van der Waals surface area contributed by atoms with Gasteiger partial charge in [-0.15, -0.1) is 0 Å². The quantitative estimate of drug-likeness (QED) is 0.272. The van der Waals surface area contributed by atoms with E-state index in [2.05, 4.69) is 106 Å². The molecule has 0 aliphatic heterocycles. The van der Waals surface area contributed by atoms with Crippen LogP contribution >= 0.6 is 8.86 Å².